The van der Waals surface area contributed by atoms with Crippen molar-refractivity contribution in [3.05, 3.63) is 69.6 Å². The van der Waals surface area contributed by atoms with Crippen LogP contribution in [0.2, 0.25) is 0 Å². The smallest absolute Gasteiger partial charge is 0.139 e. The topological polar surface area (TPSA) is 91.3 Å². The molecule has 37 heavy (non-hydrogen) atoms. The van der Waals surface area contributed by atoms with Crippen molar-refractivity contribution in [3.8, 4) is 12.1 Å². The molecule has 0 aliphatic carbocycles. The summed E-state index contributed by atoms with van der Waals surface area (Å²) in [4.78, 5) is 3.07. The van der Waals surface area contributed by atoms with Crippen LogP contribution < -0.4 is 4.90 Å². The highest BCUT2D eigenvalue weighted by Gasteiger charge is 2.38. The number of benzene rings is 2. The quantitative estimate of drug-likeness (QED) is 0.217. The van der Waals surface area contributed by atoms with E-state index in [4.69, 9.17) is 0 Å². The van der Waals surface area contributed by atoms with Crippen LogP contribution in [0.25, 0.3) is 11.6 Å². The molecule has 0 unspecified atom stereocenters. The van der Waals surface area contributed by atoms with Crippen molar-refractivity contribution in [2.24, 2.45) is 0 Å². The average Bonchev–Trinajstić information content (AvgIpc) is 3.11. The zero-order valence-corrected chi connectivity index (χ0v) is 23.2. The lowest BCUT2D eigenvalue weighted by molar-refractivity contribution is 0.499. The molecular weight excluding hydrogens is 478 g/mol. The highest BCUT2D eigenvalue weighted by molar-refractivity contribution is 8.28. The molecule has 2 aromatic rings. The second-order valence-electron chi connectivity index (χ2n) is 9.68. The number of hydrogen-bond donors (Lipinski definition) is 2. The number of fused-ring (bicyclic) bond motifs is 1. The number of hydrogen-bond acceptors (Lipinski definition) is 5. The molecule has 1 aliphatic heterocycles. The molecule has 2 aromatic carbocycles. The van der Waals surface area contributed by atoms with Gasteiger partial charge in [-0.3, -0.25) is 9.11 Å². The van der Waals surface area contributed by atoms with E-state index < -0.39 is 10.6 Å². The summed E-state index contributed by atoms with van der Waals surface area (Å²) in [5.74, 6) is 0. The van der Waals surface area contributed by atoms with E-state index in [1.807, 2.05) is 25.1 Å². The predicted octanol–water partition coefficient (Wildman–Crippen LogP) is 8.93. The number of aryl methyl sites for hydroxylation is 1. The van der Waals surface area contributed by atoms with Crippen molar-refractivity contribution in [1.29, 1.82) is 10.5 Å². The van der Waals surface area contributed by atoms with Gasteiger partial charge in [0.1, 0.15) is 17.7 Å². The van der Waals surface area contributed by atoms with Gasteiger partial charge in [-0.15, -0.1) is 10.6 Å². The zero-order valence-electron chi connectivity index (χ0n) is 22.3. The van der Waals surface area contributed by atoms with Crippen molar-refractivity contribution in [2.45, 2.75) is 77.0 Å². The summed E-state index contributed by atoms with van der Waals surface area (Å²) in [6.07, 6.45) is 11.5. The number of nitrogens with zero attached hydrogens (tertiary/aromatic N) is 3. The van der Waals surface area contributed by atoms with E-state index in [1.165, 1.54) is 57.1 Å². The van der Waals surface area contributed by atoms with Gasteiger partial charge in [0.05, 0.1) is 9.80 Å². The summed E-state index contributed by atoms with van der Waals surface area (Å²) in [6, 6.07) is 17.1. The van der Waals surface area contributed by atoms with Crippen molar-refractivity contribution in [3.63, 3.8) is 0 Å². The highest BCUT2D eigenvalue weighted by atomic mass is 32.3. The Balaban J connectivity index is 1.97. The predicted molar refractivity (Wildman–Crippen MR) is 155 cm³/mol. The van der Waals surface area contributed by atoms with Crippen molar-refractivity contribution in [1.82, 2.24) is 0 Å². The van der Waals surface area contributed by atoms with Crippen LogP contribution in [0.1, 0.15) is 81.9 Å². The SMILES string of the molecule is CCCCCCN(CCCCCC)c1ccc(C=C2C(=C(C#N)C#N)c3ccccc3S2(O)O)c(C)c1. The fourth-order valence-corrected chi connectivity index (χ4v) is 6.62. The number of rotatable bonds is 12. The minimum atomic E-state index is -3.35. The Bertz CT molecular complexity index is 1210. The van der Waals surface area contributed by atoms with E-state index in [1.54, 1.807) is 30.3 Å². The molecule has 1 aliphatic rings. The van der Waals surface area contributed by atoms with E-state index in [2.05, 4.69) is 30.9 Å². The minimum absolute atomic E-state index is 0.115. The van der Waals surface area contributed by atoms with Crippen molar-refractivity contribution < 1.29 is 9.11 Å². The van der Waals surface area contributed by atoms with Crippen LogP contribution in [-0.2, 0) is 0 Å². The van der Waals surface area contributed by atoms with Gasteiger partial charge in [0.25, 0.3) is 0 Å². The molecule has 3 rings (SSSR count). The second kappa shape index (κ2) is 13.5. The maximum atomic E-state index is 11.2. The lowest BCUT2D eigenvalue weighted by atomic mass is 9.98. The molecule has 6 heteroatoms. The van der Waals surface area contributed by atoms with Gasteiger partial charge in [0.15, 0.2) is 0 Å². The van der Waals surface area contributed by atoms with Crippen LogP contribution in [-0.4, -0.2) is 22.2 Å². The van der Waals surface area contributed by atoms with E-state index in [0.717, 1.165) is 24.2 Å². The summed E-state index contributed by atoms with van der Waals surface area (Å²) < 4.78 is 22.4. The molecule has 0 radical (unpaired) electrons. The summed E-state index contributed by atoms with van der Waals surface area (Å²) in [5, 5.41) is 19.2. The number of nitriles is 2. The third-order valence-electron chi connectivity index (χ3n) is 6.96. The van der Waals surface area contributed by atoms with Gasteiger partial charge in [-0.25, -0.2) is 0 Å². The molecular formula is C31H39N3O2S. The van der Waals surface area contributed by atoms with Crippen molar-refractivity contribution >= 4 is 27.9 Å². The second-order valence-corrected chi connectivity index (χ2v) is 11.7. The number of anilines is 1. The van der Waals surface area contributed by atoms with Gasteiger partial charge in [-0.1, -0.05) is 76.6 Å². The lowest BCUT2D eigenvalue weighted by Gasteiger charge is -2.29. The molecule has 0 saturated heterocycles. The van der Waals surface area contributed by atoms with Crippen LogP contribution in [0.5, 0.6) is 0 Å². The molecule has 0 aromatic heterocycles. The number of allylic oxidation sites excluding steroid dienone is 2. The van der Waals surface area contributed by atoms with Crippen LogP contribution in [0.4, 0.5) is 5.69 Å². The van der Waals surface area contributed by atoms with Crippen LogP contribution in [0.15, 0.2) is 57.8 Å². The van der Waals surface area contributed by atoms with E-state index in [-0.39, 0.29) is 10.5 Å². The Morgan fingerprint density at radius 2 is 1.51 bits per heavy atom. The largest absolute Gasteiger partial charge is 0.372 e. The summed E-state index contributed by atoms with van der Waals surface area (Å²) in [7, 11) is -3.35. The molecule has 0 atom stereocenters. The third-order valence-corrected chi connectivity index (χ3v) is 8.86. The first kappa shape index (κ1) is 28.5. The fraction of sp³-hybridized carbons (Fsp3) is 0.419. The molecule has 196 valence electrons. The van der Waals surface area contributed by atoms with E-state index in [0.29, 0.717) is 16.0 Å². The minimum Gasteiger partial charge on any atom is -0.372 e. The Labute approximate surface area is 224 Å². The van der Waals surface area contributed by atoms with E-state index in [9.17, 15) is 19.6 Å². The van der Waals surface area contributed by atoms with Gasteiger partial charge >= 0.3 is 0 Å². The Hall–Kier alpha value is -3.03. The van der Waals surface area contributed by atoms with Crippen molar-refractivity contribution in [2.75, 3.05) is 18.0 Å². The zero-order chi connectivity index (χ0) is 26.8. The lowest BCUT2D eigenvalue weighted by Crippen LogP contribution is -2.25. The Morgan fingerprint density at radius 1 is 0.892 bits per heavy atom. The van der Waals surface area contributed by atoms with E-state index >= 15 is 0 Å². The summed E-state index contributed by atoms with van der Waals surface area (Å²) in [5.41, 5.74) is 3.77. The average molecular weight is 518 g/mol. The monoisotopic (exact) mass is 517 g/mol. The molecule has 0 fully saturated rings. The molecule has 5 nitrogen and oxygen atoms in total. The van der Waals surface area contributed by atoms with Gasteiger partial charge in [-0.2, -0.15) is 10.5 Å². The molecule has 1 heterocycles. The van der Waals surface area contributed by atoms with Gasteiger partial charge < -0.3 is 4.90 Å². The molecule has 0 bridgehead atoms. The van der Waals surface area contributed by atoms with Crippen LogP contribution >= 0.6 is 10.6 Å². The van der Waals surface area contributed by atoms with Crippen LogP contribution in [0, 0.1) is 29.6 Å². The first-order valence-electron chi connectivity index (χ1n) is 13.4. The highest BCUT2D eigenvalue weighted by Crippen LogP contribution is 2.68. The van der Waals surface area contributed by atoms with Crippen LogP contribution in [0.3, 0.4) is 0 Å². The molecule has 0 spiro atoms. The molecule has 0 saturated carbocycles. The molecule has 0 amide bonds. The van der Waals surface area contributed by atoms with Gasteiger partial charge in [-0.05, 0) is 55.2 Å². The van der Waals surface area contributed by atoms with Gasteiger partial charge in [0.2, 0.25) is 0 Å². The maximum Gasteiger partial charge on any atom is 0.139 e. The standard InChI is InChI=1S/C31H39N3O2S/c1-4-6-8-12-18-34(19-13-9-7-5-2)27-17-16-25(24(3)20-27)21-30-31(26(22-32)23-33)28-14-10-11-15-29(28)37(30,35)36/h10-11,14-17,20-21,35-36H,4-9,12-13,18-19H2,1-3H3. The first-order chi connectivity index (χ1) is 17.9. The molecule has 2 N–H and O–H groups in total. The fourth-order valence-electron chi connectivity index (χ4n) is 4.85. The normalized spacial score (nSPS) is 15.6. The Kier molecular flexibility index (Phi) is 10.4. The Morgan fingerprint density at radius 3 is 2.08 bits per heavy atom. The van der Waals surface area contributed by atoms with Gasteiger partial charge in [0, 0.05) is 29.9 Å². The first-order valence-corrected chi connectivity index (χ1v) is 14.9. The summed E-state index contributed by atoms with van der Waals surface area (Å²) >= 11 is 0. The number of unbranched alkanes of at least 4 members (excludes halogenated alkanes) is 6. The third kappa shape index (κ3) is 6.65. The summed E-state index contributed by atoms with van der Waals surface area (Å²) in [6.45, 7) is 8.54. The maximum absolute atomic E-state index is 11.2.